The predicted octanol–water partition coefficient (Wildman–Crippen LogP) is 1.20. The van der Waals surface area contributed by atoms with Gasteiger partial charge in [-0.3, -0.25) is 19.7 Å². The fraction of sp³-hybridized carbons (Fsp3) is 0.250. The van der Waals surface area contributed by atoms with E-state index in [9.17, 15) is 14.4 Å². The minimum Gasteiger partial charge on any atom is -0.481 e. The number of aliphatic carboxylic acids is 1. The van der Waals surface area contributed by atoms with Gasteiger partial charge in [-0.1, -0.05) is 18.2 Å². The van der Waals surface area contributed by atoms with Crippen LogP contribution in [0.4, 0.5) is 0 Å². The number of amides is 2. The molecule has 5 nitrogen and oxygen atoms in total. The summed E-state index contributed by atoms with van der Waals surface area (Å²) in [6.07, 6.45) is 0.182. The molecule has 0 aliphatic heterocycles. The van der Waals surface area contributed by atoms with Crippen LogP contribution in [0.5, 0.6) is 0 Å². The van der Waals surface area contributed by atoms with Crippen molar-refractivity contribution >= 4 is 17.8 Å². The molecule has 1 rings (SSSR count). The van der Waals surface area contributed by atoms with Gasteiger partial charge in [-0.05, 0) is 18.6 Å². The lowest BCUT2D eigenvalue weighted by Gasteiger charge is -2.03. The van der Waals surface area contributed by atoms with E-state index in [1.54, 1.807) is 30.3 Å². The number of carboxylic acid groups (broad SMARTS) is 1. The van der Waals surface area contributed by atoms with Crippen molar-refractivity contribution in [1.29, 1.82) is 0 Å². The van der Waals surface area contributed by atoms with Crippen molar-refractivity contribution in [2.75, 3.05) is 0 Å². The summed E-state index contributed by atoms with van der Waals surface area (Å²) in [6.45, 7) is 0. The van der Waals surface area contributed by atoms with Crippen molar-refractivity contribution < 1.29 is 19.5 Å². The van der Waals surface area contributed by atoms with Crippen LogP contribution in [0.1, 0.15) is 29.6 Å². The molecule has 0 saturated carbocycles. The highest BCUT2D eigenvalue weighted by Crippen LogP contribution is 1.99. The lowest BCUT2D eigenvalue weighted by Crippen LogP contribution is -2.30. The highest BCUT2D eigenvalue weighted by Gasteiger charge is 2.09. The summed E-state index contributed by atoms with van der Waals surface area (Å²) in [5, 5.41) is 10.6. The molecule has 0 atom stereocenters. The molecule has 17 heavy (non-hydrogen) atoms. The molecule has 1 aromatic carbocycles. The van der Waals surface area contributed by atoms with Gasteiger partial charge in [0.25, 0.3) is 5.91 Å². The van der Waals surface area contributed by atoms with E-state index in [0.29, 0.717) is 5.56 Å². The quantitative estimate of drug-likeness (QED) is 0.803. The molecule has 0 bridgehead atoms. The van der Waals surface area contributed by atoms with Crippen LogP contribution in [-0.4, -0.2) is 22.9 Å². The number of carbonyl (C=O) groups is 3. The number of carbonyl (C=O) groups excluding carboxylic acids is 2. The normalized spacial score (nSPS) is 9.65. The molecule has 0 aromatic heterocycles. The Labute approximate surface area is 98.4 Å². The maximum Gasteiger partial charge on any atom is 0.303 e. The third kappa shape index (κ3) is 4.92. The molecule has 5 heteroatoms. The molecule has 0 aliphatic carbocycles. The Bertz CT molecular complexity index is 414. The van der Waals surface area contributed by atoms with Crippen molar-refractivity contribution in [3.63, 3.8) is 0 Å². The third-order valence-electron chi connectivity index (χ3n) is 2.08. The van der Waals surface area contributed by atoms with Crippen molar-refractivity contribution in [3.05, 3.63) is 35.9 Å². The van der Waals surface area contributed by atoms with E-state index in [0.717, 1.165) is 0 Å². The van der Waals surface area contributed by atoms with Crippen molar-refractivity contribution in [2.24, 2.45) is 0 Å². The fourth-order valence-electron chi connectivity index (χ4n) is 1.25. The zero-order valence-electron chi connectivity index (χ0n) is 9.18. The van der Waals surface area contributed by atoms with Crippen molar-refractivity contribution in [3.8, 4) is 0 Å². The maximum absolute atomic E-state index is 11.5. The van der Waals surface area contributed by atoms with Crippen molar-refractivity contribution in [1.82, 2.24) is 5.32 Å². The largest absolute Gasteiger partial charge is 0.481 e. The molecular formula is C12H13NO4. The van der Waals surface area contributed by atoms with Gasteiger partial charge in [0.05, 0.1) is 0 Å². The van der Waals surface area contributed by atoms with Gasteiger partial charge in [0, 0.05) is 18.4 Å². The molecule has 2 amide bonds. The first-order valence-electron chi connectivity index (χ1n) is 5.20. The summed E-state index contributed by atoms with van der Waals surface area (Å²) in [5.41, 5.74) is 0.402. The summed E-state index contributed by atoms with van der Waals surface area (Å²) in [4.78, 5) is 33.0. The lowest BCUT2D eigenvalue weighted by molar-refractivity contribution is -0.137. The Morgan fingerprint density at radius 1 is 1.06 bits per heavy atom. The highest BCUT2D eigenvalue weighted by atomic mass is 16.4. The Balaban J connectivity index is 2.36. The summed E-state index contributed by atoms with van der Waals surface area (Å²) in [5.74, 6) is -1.88. The van der Waals surface area contributed by atoms with E-state index in [4.69, 9.17) is 5.11 Å². The molecule has 0 radical (unpaired) electrons. The topological polar surface area (TPSA) is 83.5 Å². The molecule has 0 saturated heterocycles. The average Bonchev–Trinajstić information content (AvgIpc) is 2.29. The number of carboxylic acids is 1. The first-order valence-corrected chi connectivity index (χ1v) is 5.20. The zero-order chi connectivity index (χ0) is 12.7. The second-order valence-corrected chi connectivity index (χ2v) is 3.49. The second kappa shape index (κ2) is 6.42. The Kier molecular flexibility index (Phi) is 4.87. The SMILES string of the molecule is O=C(O)CCCC(=O)NC(=O)c1ccccc1. The second-order valence-electron chi connectivity index (χ2n) is 3.49. The van der Waals surface area contributed by atoms with Crippen molar-refractivity contribution in [2.45, 2.75) is 19.3 Å². The van der Waals surface area contributed by atoms with Crippen LogP contribution >= 0.6 is 0 Å². The summed E-state index contributed by atoms with van der Waals surface area (Å²) < 4.78 is 0. The van der Waals surface area contributed by atoms with E-state index in [1.807, 2.05) is 0 Å². The number of rotatable bonds is 5. The number of nitrogens with one attached hydrogen (secondary N) is 1. The van der Waals surface area contributed by atoms with Crippen LogP contribution in [0.25, 0.3) is 0 Å². The first kappa shape index (κ1) is 12.9. The number of benzene rings is 1. The standard InChI is InChI=1S/C12H13NO4/c14-10(7-4-8-11(15)16)13-12(17)9-5-2-1-3-6-9/h1-3,5-6H,4,7-8H2,(H,15,16)(H,13,14,17). The number of hydrogen-bond acceptors (Lipinski definition) is 3. The molecule has 0 fully saturated rings. The van der Waals surface area contributed by atoms with Gasteiger partial charge in [-0.25, -0.2) is 0 Å². The lowest BCUT2D eigenvalue weighted by atomic mass is 10.2. The molecule has 0 spiro atoms. The Morgan fingerprint density at radius 2 is 1.71 bits per heavy atom. The summed E-state index contributed by atoms with van der Waals surface area (Å²) in [6, 6.07) is 8.36. The first-order chi connectivity index (χ1) is 8.09. The Hall–Kier alpha value is -2.17. The molecule has 1 aromatic rings. The average molecular weight is 235 g/mol. The van der Waals surface area contributed by atoms with Gasteiger partial charge in [0.1, 0.15) is 0 Å². The van der Waals surface area contributed by atoms with Gasteiger partial charge in [-0.2, -0.15) is 0 Å². The van der Waals surface area contributed by atoms with Gasteiger partial charge in [-0.15, -0.1) is 0 Å². The molecule has 0 heterocycles. The minimum atomic E-state index is -0.952. The van der Waals surface area contributed by atoms with Gasteiger partial charge in [0.15, 0.2) is 0 Å². The number of imide groups is 1. The van der Waals surface area contributed by atoms with Gasteiger partial charge in [0.2, 0.25) is 5.91 Å². The van der Waals surface area contributed by atoms with E-state index >= 15 is 0 Å². The predicted molar refractivity (Wildman–Crippen MR) is 60.4 cm³/mol. The molecule has 0 aliphatic rings. The minimum absolute atomic E-state index is 0.0326. The fourth-order valence-corrected chi connectivity index (χ4v) is 1.25. The molecule has 0 unspecified atom stereocenters. The smallest absolute Gasteiger partial charge is 0.303 e. The zero-order valence-corrected chi connectivity index (χ0v) is 9.18. The van der Waals surface area contributed by atoms with E-state index in [1.165, 1.54) is 0 Å². The van der Waals surface area contributed by atoms with Gasteiger partial charge >= 0.3 is 5.97 Å². The van der Waals surface area contributed by atoms with Crippen LogP contribution in [0.2, 0.25) is 0 Å². The maximum atomic E-state index is 11.5. The van der Waals surface area contributed by atoms with Crippen LogP contribution in [-0.2, 0) is 9.59 Å². The molecule has 90 valence electrons. The van der Waals surface area contributed by atoms with Crippen LogP contribution in [0.15, 0.2) is 30.3 Å². The van der Waals surface area contributed by atoms with Crippen LogP contribution < -0.4 is 5.32 Å². The number of hydrogen-bond donors (Lipinski definition) is 2. The Morgan fingerprint density at radius 3 is 2.29 bits per heavy atom. The summed E-state index contributed by atoms with van der Waals surface area (Å²) in [7, 11) is 0. The van der Waals surface area contributed by atoms with Crippen LogP contribution in [0.3, 0.4) is 0 Å². The summed E-state index contributed by atoms with van der Waals surface area (Å²) >= 11 is 0. The van der Waals surface area contributed by atoms with Crippen LogP contribution in [0, 0.1) is 0 Å². The monoisotopic (exact) mass is 235 g/mol. The van der Waals surface area contributed by atoms with Gasteiger partial charge < -0.3 is 5.11 Å². The highest BCUT2D eigenvalue weighted by molar-refractivity contribution is 6.04. The molecule has 2 N–H and O–H groups in total. The van der Waals surface area contributed by atoms with E-state index in [-0.39, 0.29) is 19.3 Å². The third-order valence-corrected chi connectivity index (χ3v) is 2.08. The molecular weight excluding hydrogens is 222 g/mol. The van der Waals surface area contributed by atoms with E-state index < -0.39 is 17.8 Å². The van der Waals surface area contributed by atoms with E-state index in [2.05, 4.69) is 5.32 Å².